The van der Waals surface area contributed by atoms with Crippen LogP contribution < -0.4 is 0 Å². The quantitative estimate of drug-likeness (QED) is 0.706. The average molecular weight is 304 g/mol. The molecule has 2 aromatic rings. The van der Waals surface area contributed by atoms with Crippen LogP contribution >= 0.6 is 0 Å². The molecule has 0 radical (unpaired) electrons. The highest BCUT2D eigenvalue weighted by atomic mass is 15.1. The Hall–Kier alpha value is -2.48. The van der Waals surface area contributed by atoms with E-state index < -0.39 is 0 Å². The fourth-order valence-corrected chi connectivity index (χ4v) is 3.22. The summed E-state index contributed by atoms with van der Waals surface area (Å²) in [7, 11) is 0. The zero-order valence-corrected chi connectivity index (χ0v) is 14.4. The number of aryl methyl sites for hydroxylation is 1. The number of nitrogens with zero attached hydrogens (tertiary/aromatic N) is 2. The Bertz CT molecular complexity index is 859. The van der Waals surface area contributed by atoms with Crippen molar-refractivity contribution in [3.8, 4) is 0 Å². The Balaban J connectivity index is 2.10. The largest absolute Gasteiger partial charge is 0.341 e. The second-order valence-electron chi connectivity index (χ2n) is 6.11. The molecule has 0 spiro atoms. The summed E-state index contributed by atoms with van der Waals surface area (Å²) in [6.45, 7) is 13.8. The van der Waals surface area contributed by atoms with Gasteiger partial charge >= 0.3 is 0 Å². The van der Waals surface area contributed by atoms with Crippen LogP contribution in [-0.4, -0.2) is 9.47 Å². The van der Waals surface area contributed by atoms with Gasteiger partial charge in [-0.2, -0.15) is 0 Å². The number of hydrogen-bond donors (Lipinski definition) is 0. The summed E-state index contributed by atoms with van der Waals surface area (Å²) in [5.41, 5.74) is 7.31. The van der Waals surface area contributed by atoms with E-state index in [0.29, 0.717) is 0 Å². The van der Waals surface area contributed by atoms with E-state index in [2.05, 4.69) is 92.4 Å². The average Bonchev–Trinajstić information content (AvgIpc) is 2.92. The fourth-order valence-electron chi connectivity index (χ4n) is 3.22. The number of rotatable bonds is 3. The SMILES string of the molecule is C=C1C=C(C)C=CN1/C(C)=C(\C)c1cc2ccccc2n1CC. The van der Waals surface area contributed by atoms with Gasteiger partial charge in [0.15, 0.2) is 0 Å². The number of benzene rings is 1. The highest BCUT2D eigenvalue weighted by Gasteiger charge is 2.15. The molecule has 0 fully saturated rings. The number of fused-ring (bicyclic) bond motifs is 1. The molecule has 0 amide bonds. The van der Waals surface area contributed by atoms with Crippen molar-refractivity contribution in [3.05, 3.63) is 77.9 Å². The number of aromatic nitrogens is 1. The molecule has 23 heavy (non-hydrogen) atoms. The summed E-state index contributed by atoms with van der Waals surface area (Å²) < 4.78 is 2.38. The molecule has 0 atom stereocenters. The first kappa shape index (κ1) is 15.4. The minimum absolute atomic E-state index is 0.962. The van der Waals surface area contributed by atoms with E-state index in [9.17, 15) is 0 Å². The van der Waals surface area contributed by atoms with Crippen LogP contribution in [0.25, 0.3) is 16.5 Å². The lowest BCUT2D eigenvalue weighted by Gasteiger charge is -2.27. The van der Waals surface area contributed by atoms with E-state index >= 15 is 0 Å². The summed E-state index contributed by atoms with van der Waals surface area (Å²) in [5.74, 6) is 0. The molecule has 1 aliphatic rings. The Morgan fingerprint density at radius 2 is 1.91 bits per heavy atom. The van der Waals surface area contributed by atoms with Gasteiger partial charge in [0.05, 0.1) is 0 Å². The minimum atomic E-state index is 0.962. The predicted molar refractivity (Wildman–Crippen MR) is 99.8 cm³/mol. The van der Waals surface area contributed by atoms with E-state index in [1.807, 2.05) is 0 Å². The van der Waals surface area contributed by atoms with Gasteiger partial charge in [-0.3, -0.25) is 0 Å². The third kappa shape index (κ3) is 2.65. The summed E-state index contributed by atoms with van der Waals surface area (Å²) in [6.07, 6.45) is 6.35. The second kappa shape index (κ2) is 5.96. The monoisotopic (exact) mass is 304 g/mol. The normalized spacial score (nSPS) is 15.9. The summed E-state index contributed by atoms with van der Waals surface area (Å²) in [5, 5.41) is 1.29. The van der Waals surface area contributed by atoms with Crippen molar-refractivity contribution in [2.45, 2.75) is 34.2 Å². The molecule has 118 valence electrons. The molecular weight excluding hydrogens is 280 g/mol. The third-order valence-electron chi connectivity index (χ3n) is 4.61. The van der Waals surface area contributed by atoms with Crippen LogP contribution in [0.1, 0.15) is 33.4 Å². The first-order valence-corrected chi connectivity index (χ1v) is 8.13. The van der Waals surface area contributed by atoms with E-state index in [-0.39, 0.29) is 0 Å². The van der Waals surface area contributed by atoms with Gasteiger partial charge in [-0.15, -0.1) is 0 Å². The maximum absolute atomic E-state index is 4.19. The topological polar surface area (TPSA) is 8.17 Å². The smallest absolute Gasteiger partial charge is 0.0485 e. The summed E-state index contributed by atoms with van der Waals surface area (Å²) in [6, 6.07) is 10.9. The Morgan fingerprint density at radius 3 is 2.61 bits per heavy atom. The molecule has 0 aliphatic carbocycles. The van der Waals surface area contributed by atoms with Gasteiger partial charge in [0.1, 0.15) is 0 Å². The Morgan fingerprint density at radius 1 is 1.17 bits per heavy atom. The molecule has 0 unspecified atom stereocenters. The highest BCUT2D eigenvalue weighted by molar-refractivity contribution is 5.86. The van der Waals surface area contributed by atoms with Crippen LogP contribution in [0.5, 0.6) is 0 Å². The Kier molecular flexibility index (Phi) is 3.99. The van der Waals surface area contributed by atoms with Crippen LogP contribution in [0.4, 0.5) is 0 Å². The van der Waals surface area contributed by atoms with Crippen molar-refractivity contribution in [2.24, 2.45) is 0 Å². The van der Waals surface area contributed by atoms with Crippen molar-refractivity contribution in [1.82, 2.24) is 9.47 Å². The zero-order valence-electron chi connectivity index (χ0n) is 14.4. The molecule has 2 nitrogen and oxygen atoms in total. The lowest BCUT2D eigenvalue weighted by Crippen LogP contribution is -2.16. The van der Waals surface area contributed by atoms with Gasteiger partial charge in [0.25, 0.3) is 0 Å². The van der Waals surface area contributed by atoms with Crippen LogP contribution in [0, 0.1) is 0 Å². The maximum Gasteiger partial charge on any atom is 0.0485 e. The van der Waals surface area contributed by atoms with Crippen molar-refractivity contribution < 1.29 is 0 Å². The third-order valence-corrected chi connectivity index (χ3v) is 4.61. The van der Waals surface area contributed by atoms with E-state index in [1.54, 1.807) is 0 Å². The molecule has 0 saturated heterocycles. The van der Waals surface area contributed by atoms with Gasteiger partial charge in [-0.1, -0.05) is 24.8 Å². The summed E-state index contributed by atoms with van der Waals surface area (Å²) >= 11 is 0. The van der Waals surface area contributed by atoms with Crippen molar-refractivity contribution >= 4 is 16.5 Å². The lowest BCUT2D eigenvalue weighted by atomic mass is 10.1. The van der Waals surface area contributed by atoms with E-state index in [1.165, 1.54) is 33.4 Å². The van der Waals surface area contributed by atoms with E-state index in [4.69, 9.17) is 0 Å². The van der Waals surface area contributed by atoms with Gasteiger partial charge in [-0.05, 0) is 63.1 Å². The standard InChI is InChI=1S/C21H24N2/c1-6-22-20-10-8-7-9-19(20)14-21(22)17(4)18(5)23-12-11-15(2)13-16(23)3/h7-14H,3,6H2,1-2,4-5H3/b18-17+. The number of allylic oxidation sites excluding steroid dienone is 5. The van der Waals surface area contributed by atoms with Crippen LogP contribution in [0.15, 0.2) is 72.2 Å². The van der Waals surface area contributed by atoms with Gasteiger partial charge in [0, 0.05) is 40.7 Å². The van der Waals surface area contributed by atoms with Crippen LogP contribution in [0.2, 0.25) is 0 Å². The number of hydrogen-bond acceptors (Lipinski definition) is 1. The Labute approximate surface area is 138 Å². The van der Waals surface area contributed by atoms with Crippen molar-refractivity contribution in [3.63, 3.8) is 0 Å². The van der Waals surface area contributed by atoms with Gasteiger partial charge < -0.3 is 9.47 Å². The molecule has 0 N–H and O–H groups in total. The fraction of sp³-hybridized carbons (Fsp3) is 0.238. The molecule has 1 aliphatic heterocycles. The second-order valence-corrected chi connectivity index (χ2v) is 6.11. The summed E-state index contributed by atoms with van der Waals surface area (Å²) in [4.78, 5) is 2.17. The zero-order chi connectivity index (χ0) is 16.6. The molecule has 2 heteroatoms. The van der Waals surface area contributed by atoms with Crippen molar-refractivity contribution in [1.29, 1.82) is 0 Å². The predicted octanol–water partition coefficient (Wildman–Crippen LogP) is 5.70. The molecule has 2 heterocycles. The molecule has 0 bridgehead atoms. The molecule has 1 aromatic heterocycles. The lowest BCUT2D eigenvalue weighted by molar-refractivity contribution is 0.590. The van der Waals surface area contributed by atoms with E-state index in [0.717, 1.165) is 12.2 Å². The minimum Gasteiger partial charge on any atom is -0.341 e. The first-order chi connectivity index (χ1) is 11.0. The van der Waals surface area contributed by atoms with Gasteiger partial charge in [-0.25, -0.2) is 0 Å². The first-order valence-electron chi connectivity index (χ1n) is 8.13. The highest BCUT2D eigenvalue weighted by Crippen LogP contribution is 2.30. The molecule has 1 aromatic carbocycles. The number of para-hydroxylation sites is 1. The van der Waals surface area contributed by atoms with Gasteiger partial charge in [0.2, 0.25) is 0 Å². The molecule has 3 rings (SSSR count). The maximum atomic E-state index is 4.19. The molecular formula is C21H24N2. The van der Waals surface area contributed by atoms with Crippen LogP contribution in [-0.2, 0) is 6.54 Å². The van der Waals surface area contributed by atoms with Crippen LogP contribution in [0.3, 0.4) is 0 Å². The van der Waals surface area contributed by atoms with Crippen molar-refractivity contribution in [2.75, 3.05) is 0 Å². The molecule has 0 saturated carbocycles.